The molecule has 1 amide bonds. The minimum Gasteiger partial charge on any atom is -0.341 e. The molecule has 2 aromatic rings. The molecule has 142 valence electrons. The van der Waals surface area contributed by atoms with Gasteiger partial charge in [-0.25, -0.2) is 8.42 Å². The summed E-state index contributed by atoms with van der Waals surface area (Å²) < 4.78 is 28.2. The van der Waals surface area contributed by atoms with Crippen molar-refractivity contribution in [3.05, 3.63) is 65.2 Å². The third-order valence-corrected chi connectivity index (χ3v) is 7.40. The number of aryl methyl sites for hydroxylation is 1. The van der Waals surface area contributed by atoms with E-state index in [0.29, 0.717) is 6.42 Å². The monoisotopic (exact) mass is 384 g/mol. The van der Waals surface area contributed by atoms with E-state index in [9.17, 15) is 13.2 Å². The van der Waals surface area contributed by atoms with Crippen LogP contribution in [0.2, 0.25) is 0 Å². The van der Waals surface area contributed by atoms with E-state index < -0.39 is 16.1 Å². The number of sulfonamides is 1. The van der Waals surface area contributed by atoms with Gasteiger partial charge in [0.25, 0.3) is 0 Å². The molecule has 2 aliphatic heterocycles. The van der Waals surface area contributed by atoms with Crippen LogP contribution in [0.4, 0.5) is 0 Å². The number of amides is 1. The Morgan fingerprint density at radius 3 is 2.26 bits per heavy atom. The number of likely N-dealkylation sites (tertiary alicyclic amines) is 1. The van der Waals surface area contributed by atoms with E-state index >= 15 is 0 Å². The molecule has 0 spiro atoms. The summed E-state index contributed by atoms with van der Waals surface area (Å²) in [7, 11) is -3.76. The number of carbonyl (C=O) groups excluding carboxylic acids is 1. The van der Waals surface area contributed by atoms with Crippen molar-refractivity contribution in [3.63, 3.8) is 0 Å². The number of carbonyl (C=O) groups is 1. The second-order valence-corrected chi connectivity index (χ2v) is 9.27. The highest BCUT2D eigenvalue weighted by Gasteiger charge is 2.41. The Labute approximate surface area is 160 Å². The lowest BCUT2D eigenvalue weighted by atomic mass is 9.95. The summed E-state index contributed by atoms with van der Waals surface area (Å²) in [6.45, 7) is 3.59. The third kappa shape index (κ3) is 3.39. The molecule has 0 unspecified atom stereocenters. The minimum atomic E-state index is -3.76. The Bertz CT molecular complexity index is 948. The molecule has 0 aromatic heterocycles. The summed E-state index contributed by atoms with van der Waals surface area (Å²) in [6.07, 6.45) is 2.40. The average Bonchev–Trinajstić information content (AvgIpc) is 3.21. The zero-order valence-electron chi connectivity index (χ0n) is 15.5. The van der Waals surface area contributed by atoms with E-state index in [1.54, 1.807) is 24.3 Å². The molecule has 0 saturated carbocycles. The van der Waals surface area contributed by atoms with Gasteiger partial charge in [-0.2, -0.15) is 4.31 Å². The van der Waals surface area contributed by atoms with Crippen molar-refractivity contribution in [1.82, 2.24) is 9.21 Å². The first-order valence-electron chi connectivity index (χ1n) is 9.41. The van der Waals surface area contributed by atoms with Gasteiger partial charge in [0.1, 0.15) is 6.04 Å². The highest BCUT2D eigenvalue weighted by molar-refractivity contribution is 7.89. The van der Waals surface area contributed by atoms with Crippen molar-refractivity contribution in [1.29, 1.82) is 0 Å². The molecule has 1 saturated heterocycles. The lowest BCUT2D eigenvalue weighted by Gasteiger charge is -2.36. The van der Waals surface area contributed by atoms with Gasteiger partial charge < -0.3 is 4.90 Å². The van der Waals surface area contributed by atoms with Gasteiger partial charge in [0.15, 0.2) is 0 Å². The van der Waals surface area contributed by atoms with Crippen LogP contribution >= 0.6 is 0 Å². The molecule has 0 radical (unpaired) electrons. The van der Waals surface area contributed by atoms with Gasteiger partial charge in [0.2, 0.25) is 15.9 Å². The summed E-state index contributed by atoms with van der Waals surface area (Å²) in [5.41, 5.74) is 3.03. The van der Waals surface area contributed by atoms with Crippen LogP contribution in [0.5, 0.6) is 0 Å². The van der Waals surface area contributed by atoms with Gasteiger partial charge in [0, 0.05) is 19.6 Å². The topological polar surface area (TPSA) is 57.7 Å². The number of hydrogen-bond acceptors (Lipinski definition) is 3. The van der Waals surface area contributed by atoms with Gasteiger partial charge in [0.05, 0.1) is 4.90 Å². The quantitative estimate of drug-likeness (QED) is 0.818. The smallest absolute Gasteiger partial charge is 0.244 e. The molecule has 27 heavy (non-hydrogen) atoms. The molecule has 6 heteroatoms. The fraction of sp³-hybridized carbons (Fsp3) is 0.381. The van der Waals surface area contributed by atoms with E-state index in [1.807, 2.05) is 36.1 Å². The van der Waals surface area contributed by atoms with E-state index in [2.05, 4.69) is 0 Å². The van der Waals surface area contributed by atoms with Crippen molar-refractivity contribution in [2.75, 3.05) is 13.1 Å². The van der Waals surface area contributed by atoms with Crippen LogP contribution in [0, 0.1) is 6.92 Å². The summed E-state index contributed by atoms with van der Waals surface area (Å²) >= 11 is 0. The Hall–Kier alpha value is -2.18. The molecule has 1 atom stereocenters. The molecule has 0 aliphatic carbocycles. The largest absolute Gasteiger partial charge is 0.341 e. The molecular formula is C21H24N2O3S. The molecule has 0 bridgehead atoms. The van der Waals surface area contributed by atoms with Crippen LogP contribution in [0.1, 0.15) is 29.5 Å². The van der Waals surface area contributed by atoms with Crippen LogP contribution in [0.25, 0.3) is 0 Å². The molecule has 1 fully saturated rings. The molecular weight excluding hydrogens is 360 g/mol. The summed E-state index contributed by atoms with van der Waals surface area (Å²) in [6, 6.07) is 14.0. The standard InChI is InChI=1S/C21H24N2O3S/c1-16-8-10-19(11-9-16)27(25,26)23-15-18-7-3-2-6-17(18)14-20(23)21(24)22-12-4-5-13-22/h2-3,6-11,20H,4-5,12-15H2,1H3/t20-/m1/s1. The maximum absolute atomic E-state index is 13.4. The minimum absolute atomic E-state index is 0.0716. The van der Waals surface area contributed by atoms with Crippen LogP contribution in [-0.4, -0.2) is 42.7 Å². The van der Waals surface area contributed by atoms with Gasteiger partial charge in [-0.05, 0) is 49.4 Å². The Balaban J connectivity index is 1.74. The number of hydrogen-bond donors (Lipinski definition) is 0. The Morgan fingerprint density at radius 1 is 0.963 bits per heavy atom. The Kier molecular flexibility index (Phi) is 4.78. The van der Waals surface area contributed by atoms with Crippen molar-refractivity contribution in [2.45, 2.75) is 43.7 Å². The summed E-state index contributed by atoms with van der Waals surface area (Å²) in [5.74, 6) is -0.0716. The van der Waals surface area contributed by atoms with Crippen molar-refractivity contribution in [3.8, 4) is 0 Å². The molecule has 2 heterocycles. The van der Waals surface area contributed by atoms with Crippen LogP contribution < -0.4 is 0 Å². The second kappa shape index (κ2) is 7.09. The first kappa shape index (κ1) is 18.2. The summed E-state index contributed by atoms with van der Waals surface area (Å²) in [4.78, 5) is 15.2. The number of benzene rings is 2. The third-order valence-electron chi connectivity index (χ3n) is 5.54. The van der Waals surface area contributed by atoms with Gasteiger partial charge >= 0.3 is 0 Å². The van der Waals surface area contributed by atoms with Gasteiger partial charge in [-0.15, -0.1) is 0 Å². The molecule has 5 nitrogen and oxygen atoms in total. The zero-order valence-corrected chi connectivity index (χ0v) is 16.3. The van der Waals surface area contributed by atoms with Crippen molar-refractivity contribution < 1.29 is 13.2 Å². The lowest BCUT2D eigenvalue weighted by Crippen LogP contribution is -2.53. The van der Waals surface area contributed by atoms with Crippen molar-refractivity contribution >= 4 is 15.9 Å². The Morgan fingerprint density at radius 2 is 1.59 bits per heavy atom. The SMILES string of the molecule is Cc1ccc(S(=O)(=O)N2Cc3ccccc3C[C@@H]2C(=O)N2CCCC2)cc1. The number of rotatable bonds is 3. The highest BCUT2D eigenvalue weighted by atomic mass is 32.2. The maximum atomic E-state index is 13.4. The summed E-state index contributed by atoms with van der Waals surface area (Å²) in [5, 5.41) is 0. The molecule has 2 aromatic carbocycles. The van der Waals surface area contributed by atoms with Gasteiger partial charge in [-0.3, -0.25) is 4.79 Å². The van der Waals surface area contributed by atoms with E-state index in [-0.39, 0.29) is 17.3 Å². The zero-order chi connectivity index (χ0) is 19.0. The maximum Gasteiger partial charge on any atom is 0.244 e. The predicted molar refractivity (Wildman–Crippen MR) is 104 cm³/mol. The second-order valence-electron chi connectivity index (χ2n) is 7.38. The fourth-order valence-electron chi connectivity index (χ4n) is 3.96. The normalized spacial score (nSPS) is 20.5. The van der Waals surface area contributed by atoms with E-state index in [4.69, 9.17) is 0 Å². The lowest BCUT2D eigenvalue weighted by molar-refractivity contribution is -0.134. The number of fused-ring (bicyclic) bond motifs is 1. The van der Waals surface area contributed by atoms with E-state index in [1.165, 1.54) is 4.31 Å². The average molecular weight is 385 g/mol. The fourth-order valence-corrected chi connectivity index (χ4v) is 5.52. The molecule has 0 N–H and O–H groups in total. The predicted octanol–water partition coefficient (Wildman–Crippen LogP) is 2.73. The van der Waals surface area contributed by atoms with Crippen LogP contribution in [-0.2, 0) is 27.8 Å². The first-order chi connectivity index (χ1) is 13.0. The number of nitrogens with zero attached hydrogens (tertiary/aromatic N) is 2. The van der Waals surface area contributed by atoms with Gasteiger partial charge in [-0.1, -0.05) is 42.0 Å². The van der Waals surface area contributed by atoms with Crippen molar-refractivity contribution in [2.24, 2.45) is 0 Å². The first-order valence-corrected chi connectivity index (χ1v) is 10.8. The molecule has 2 aliphatic rings. The van der Waals surface area contributed by atoms with Crippen LogP contribution in [0.15, 0.2) is 53.4 Å². The molecule has 4 rings (SSSR count). The van der Waals surface area contributed by atoms with E-state index in [0.717, 1.165) is 42.6 Å². The van der Waals surface area contributed by atoms with Crippen LogP contribution in [0.3, 0.4) is 0 Å². The highest BCUT2D eigenvalue weighted by Crippen LogP contribution is 2.30.